The summed E-state index contributed by atoms with van der Waals surface area (Å²) >= 11 is 0. The predicted octanol–water partition coefficient (Wildman–Crippen LogP) is 5.23. The molecule has 1 aliphatic carbocycles. The summed E-state index contributed by atoms with van der Waals surface area (Å²) in [6, 6.07) is 13.9. The van der Waals surface area contributed by atoms with Crippen molar-refractivity contribution in [2.75, 3.05) is 26.3 Å². The Kier molecular flexibility index (Phi) is 6.61. The first-order chi connectivity index (χ1) is 15.0. The molecule has 31 heavy (non-hydrogen) atoms. The molecule has 0 amide bonds. The highest BCUT2D eigenvalue weighted by atomic mass is 19.1. The lowest BCUT2D eigenvalue weighted by molar-refractivity contribution is 0.0587. The molecule has 1 fully saturated rings. The van der Waals surface area contributed by atoms with E-state index in [0.717, 1.165) is 38.0 Å². The van der Waals surface area contributed by atoms with Crippen molar-refractivity contribution in [3.8, 4) is 11.5 Å². The summed E-state index contributed by atoms with van der Waals surface area (Å²) in [5.41, 5.74) is 0.680. The van der Waals surface area contributed by atoms with Gasteiger partial charge in [-0.25, -0.2) is 4.39 Å². The topological polar surface area (TPSA) is 38.8 Å². The maximum Gasteiger partial charge on any atom is 0.200 e. The third-order valence-electron chi connectivity index (χ3n) is 6.46. The minimum Gasteiger partial charge on any atom is -0.490 e. The number of hydrogen-bond donors (Lipinski definition) is 0. The van der Waals surface area contributed by atoms with Crippen LogP contribution in [0.4, 0.5) is 4.39 Å². The van der Waals surface area contributed by atoms with Gasteiger partial charge >= 0.3 is 0 Å². The number of hydrogen-bond acceptors (Lipinski definition) is 4. The SMILES string of the molecule is CCOc1cc2c(cc1OCC)C(=O)C(F)(CC1CCN(Cc3ccccc3)CC1)C2. The Labute approximate surface area is 184 Å². The number of fused-ring (bicyclic) bond motifs is 1. The van der Waals surface area contributed by atoms with E-state index in [2.05, 4.69) is 29.2 Å². The number of carbonyl (C=O) groups excluding carboxylic acids is 1. The first kappa shape index (κ1) is 21.8. The number of Topliss-reactive ketones (excluding diaryl/α,β-unsaturated/α-hetero) is 1. The number of alkyl halides is 1. The van der Waals surface area contributed by atoms with E-state index in [1.807, 2.05) is 19.9 Å². The lowest BCUT2D eigenvalue weighted by Gasteiger charge is -2.34. The predicted molar refractivity (Wildman–Crippen MR) is 120 cm³/mol. The summed E-state index contributed by atoms with van der Waals surface area (Å²) in [7, 11) is 0. The molecule has 4 rings (SSSR count). The maximum atomic E-state index is 15.9. The van der Waals surface area contributed by atoms with Gasteiger partial charge in [-0.3, -0.25) is 9.69 Å². The van der Waals surface area contributed by atoms with Crippen molar-refractivity contribution in [2.45, 2.75) is 51.7 Å². The summed E-state index contributed by atoms with van der Waals surface area (Å²) in [6.45, 7) is 7.56. The van der Waals surface area contributed by atoms with E-state index in [4.69, 9.17) is 9.47 Å². The van der Waals surface area contributed by atoms with Crippen LogP contribution in [-0.2, 0) is 13.0 Å². The fourth-order valence-corrected chi connectivity index (χ4v) is 4.93. The zero-order valence-electron chi connectivity index (χ0n) is 18.5. The number of piperidine rings is 1. The van der Waals surface area contributed by atoms with E-state index in [1.54, 1.807) is 12.1 Å². The van der Waals surface area contributed by atoms with E-state index in [1.165, 1.54) is 5.56 Å². The van der Waals surface area contributed by atoms with Gasteiger partial charge in [-0.1, -0.05) is 30.3 Å². The van der Waals surface area contributed by atoms with E-state index >= 15 is 4.39 Å². The van der Waals surface area contributed by atoms with Crippen LogP contribution in [0.2, 0.25) is 0 Å². The zero-order valence-corrected chi connectivity index (χ0v) is 18.5. The fraction of sp³-hybridized carbons (Fsp3) is 0.500. The van der Waals surface area contributed by atoms with Crippen molar-refractivity contribution in [3.05, 3.63) is 59.2 Å². The molecule has 0 radical (unpaired) electrons. The molecule has 0 saturated carbocycles. The van der Waals surface area contributed by atoms with Gasteiger partial charge in [-0.15, -0.1) is 0 Å². The number of carbonyl (C=O) groups is 1. The number of likely N-dealkylation sites (tertiary alicyclic amines) is 1. The van der Waals surface area contributed by atoms with Crippen LogP contribution in [-0.4, -0.2) is 42.7 Å². The second-order valence-corrected chi connectivity index (χ2v) is 8.70. The van der Waals surface area contributed by atoms with Gasteiger partial charge in [0.25, 0.3) is 0 Å². The highest BCUT2D eigenvalue weighted by Gasteiger charge is 2.48. The summed E-state index contributed by atoms with van der Waals surface area (Å²) < 4.78 is 27.2. The van der Waals surface area contributed by atoms with E-state index in [9.17, 15) is 4.79 Å². The first-order valence-electron chi connectivity index (χ1n) is 11.4. The van der Waals surface area contributed by atoms with Crippen LogP contribution in [0, 0.1) is 5.92 Å². The molecular formula is C26H32FNO3. The number of ketones is 1. The molecule has 2 aromatic carbocycles. The Bertz CT molecular complexity index is 908. The number of halogens is 1. The average molecular weight is 426 g/mol. The lowest BCUT2D eigenvalue weighted by Crippen LogP contribution is -2.38. The van der Waals surface area contributed by atoms with Gasteiger partial charge in [0.1, 0.15) is 0 Å². The second-order valence-electron chi connectivity index (χ2n) is 8.70. The molecule has 0 N–H and O–H groups in total. The monoisotopic (exact) mass is 425 g/mol. The zero-order chi connectivity index (χ0) is 21.8. The molecule has 2 aromatic rings. The van der Waals surface area contributed by atoms with Gasteiger partial charge in [0.2, 0.25) is 5.78 Å². The minimum absolute atomic E-state index is 0.137. The molecule has 5 heteroatoms. The Morgan fingerprint density at radius 3 is 2.32 bits per heavy atom. The molecule has 4 nitrogen and oxygen atoms in total. The third-order valence-corrected chi connectivity index (χ3v) is 6.46. The normalized spacial score (nSPS) is 21.8. The van der Waals surface area contributed by atoms with Gasteiger partial charge in [-0.2, -0.15) is 0 Å². The van der Waals surface area contributed by atoms with Gasteiger partial charge in [0, 0.05) is 18.5 Å². The van der Waals surface area contributed by atoms with Crippen molar-refractivity contribution in [2.24, 2.45) is 5.92 Å². The standard InChI is InChI=1S/C26H32FNO3/c1-3-30-23-14-21-17-26(27,25(29)22(21)15-24(23)31-4-2)16-19-10-12-28(13-11-19)18-20-8-6-5-7-9-20/h5-9,14-15,19H,3-4,10-13,16-18H2,1-2H3. The average Bonchev–Trinajstić information content (AvgIpc) is 3.00. The smallest absolute Gasteiger partial charge is 0.200 e. The van der Waals surface area contributed by atoms with E-state index < -0.39 is 11.5 Å². The fourth-order valence-electron chi connectivity index (χ4n) is 4.93. The van der Waals surface area contributed by atoms with Gasteiger partial charge in [0.15, 0.2) is 17.2 Å². The van der Waals surface area contributed by atoms with Gasteiger partial charge in [-0.05, 0) is 75.4 Å². The molecule has 1 heterocycles. The molecule has 0 spiro atoms. The highest BCUT2D eigenvalue weighted by molar-refractivity contribution is 6.07. The number of ether oxygens (including phenoxy) is 2. The molecule has 1 saturated heterocycles. The van der Waals surface area contributed by atoms with Crippen molar-refractivity contribution in [3.63, 3.8) is 0 Å². The molecule has 166 valence electrons. The number of nitrogens with zero attached hydrogens (tertiary/aromatic N) is 1. The largest absolute Gasteiger partial charge is 0.490 e. The summed E-state index contributed by atoms with van der Waals surface area (Å²) in [4.78, 5) is 15.5. The van der Waals surface area contributed by atoms with E-state index in [-0.39, 0.29) is 12.3 Å². The minimum atomic E-state index is -1.82. The van der Waals surface area contributed by atoms with Crippen molar-refractivity contribution < 1.29 is 18.7 Å². The van der Waals surface area contributed by atoms with Crippen LogP contribution in [0.25, 0.3) is 0 Å². The Morgan fingerprint density at radius 1 is 1.03 bits per heavy atom. The maximum absolute atomic E-state index is 15.9. The summed E-state index contributed by atoms with van der Waals surface area (Å²) in [6.07, 6.45) is 2.29. The highest BCUT2D eigenvalue weighted by Crippen LogP contribution is 2.43. The third kappa shape index (κ3) is 4.77. The van der Waals surface area contributed by atoms with Crippen molar-refractivity contribution in [1.82, 2.24) is 4.90 Å². The Balaban J connectivity index is 1.40. The first-order valence-corrected chi connectivity index (χ1v) is 11.4. The van der Waals surface area contributed by atoms with Crippen LogP contribution in [0.15, 0.2) is 42.5 Å². The van der Waals surface area contributed by atoms with Crippen LogP contribution in [0.1, 0.15) is 54.6 Å². The molecule has 1 atom stereocenters. The van der Waals surface area contributed by atoms with Crippen LogP contribution >= 0.6 is 0 Å². The molecule has 1 unspecified atom stereocenters. The quantitative estimate of drug-likeness (QED) is 0.580. The lowest BCUT2D eigenvalue weighted by atomic mass is 9.83. The van der Waals surface area contributed by atoms with Gasteiger partial charge in [0.05, 0.1) is 13.2 Å². The number of rotatable bonds is 8. The number of benzene rings is 2. The van der Waals surface area contributed by atoms with Crippen LogP contribution in [0.3, 0.4) is 0 Å². The summed E-state index contributed by atoms with van der Waals surface area (Å²) in [5, 5.41) is 0. The Morgan fingerprint density at radius 2 is 1.68 bits per heavy atom. The molecule has 2 aliphatic rings. The van der Waals surface area contributed by atoms with Gasteiger partial charge < -0.3 is 9.47 Å². The van der Waals surface area contributed by atoms with E-state index in [0.29, 0.717) is 36.7 Å². The van der Waals surface area contributed by atoms with Crippen molar-refractivity contribution in [1.29, 1.82) is 0 Å². The Hall–Kier alpha value is -2.40. The molecular weight excluding hydrogens is 393 g/mol. The van der Waals surface area contributed by atoms with Crippen LogP contribution < -0.4 is 9.47 Å². The summed E-state index contributed by atoms with van der Waals surface area (Å²) in [5.74, 6) is 0.954. The molecule has 0 bridgehead atoms. The molecule has 1 aliphatic heterocycles. The molecule has 0 aromatic heterocycles. The van der Waals surface area contributed by atoms with Crippen LogP contribution in [0.5, 0.6) is 11.5 Å². The van der Waals surface area contributed by atoms with Crippen molar-refractivity contribution >= 4 is 5.78 Å². The second kappa shape index (κ2) is 9.39.